The zero-order valence-corrected chi connectivity index (χ0v) is 22.7. The second-order valence-corrected chi connectivity index (χ2v) is 9.84. The third-order valence-corrected chi connectivity index (χ3v) is 6.73. The summed E-state index contributed by atoms with van der Waals surface area (Å²) in [6.07, 6.45) is 14.5. The average Bonchev–Trinajstić information content (AvgIpc) is 2.94. The van der Waals surface area contributed by atoms with Crippen LogP contribution in [0.4, 0.5) is 0 Å². The minimum atomic E-state index is -0.173. The molecular weight excluding hydrogens is 460 g/mol. The Morgan fingerprint density at radius 3 is 2.08 bits per heavy atom. The van der Waals surface area contributed by atoms with Crippen molar-refractivity contribution in [3.8, 4) is 34.0 Å². The highest BCUT2D eigenvalue weighted by Gasteiger charge is 2.08. The van der Waals surface area contributed by atoms with Gasteiger partial charge >= 0.3 is 5.97 Å². The van der Waals surface area contributed by atoms with E-state index in [4.69, 9.17) is 9.47 Å². The molecule has 0 aliphatic carbocycles. The smallest absolute Gasteiger partial charge is 0.311 e. The summed E-state index contributed by atoms with van der Waals surface area (Å²) >= 11 is 0. The van der Waals surface area contributed by atoms with E-state index in [0.717, 1.165) is 60.6 Å². The van der Waals surface area contributed by atoms with Crippen molar-refractivity contribution in [1.29, 1.82) is 0 Å². The molecule has 0 radical (unpaired) electrons. The van der Waals surface area contributed by atoms with Gasteiger partial charge in [-0.15, -0.1) is 0 Å². The van der Waals surface area contributed by atoms with Crippen LogP contribution in [0.1, 0.15) is 85.0 Å². The quantitative estimate of drug-likeness (QED) is 0.111. The Morgan fingerprint density at radius 1 is 0.757 bits per heavy atom. The van der Waals surface area contributed by atoms with E-state index in [1.165, 1.54) is 32.1 Å². The van der Waals surface area contributed by atoms with Crippen molar-refractivity contribution in [2.45, 2.75) is 85.0 Å². The minimum Gasteiger partial charge on any atom is -0.494 e. The molecule has 0 aliphatic heterocycles. The van der Waals surface area contributed by atoms with Gasteiger partial charge in [0.25, 0.3) is 0 Å². The van der Waals surface area contributed by atoms with Crippen molar-refractivity contribution in [3.05, 3.63) is 60.9 Å². The maximum absolute atomic E-state index is 12.1. The van der Waals surface area contributed by atoms with E-state index < -0.39 is 0 Å². The average molecular weight is 503 g/mol. The highest BCUT2D eigenvalue weighted by Crippen LogP contribution is 2.24. The number of aromatic nitrogens is 2. The van der Waals surface area contributed by atoms with Crippen molar-refractivity contribution in [2.24, 2.45) is 5.92 Å². The molecule has 0 saturated carbocycles. The first-order valence-corrected chi connectivity index (χ1v) is 14.0. The molecule has 0 saturated heterocycles. The molecule has 1 aromatic heterocycles. The lowest BCUT2D eigenvalue weighted by Gasteiger charge is -2.08. The van der Waals surface area contributed by atoms with Gasteiger partial charge in [0.15, 0.2) is 5.82 Å². The maximum atomic E-state index is 12.1. The lowest BCUT2D eigenvalue weighted by Crippen LogP contribution is -2.07. The number of rotatable bonds is 16. The Kier molecular flexibility index (Phi) is 12.1. The van der Waals surface area contributed by atoms with Crippen molar-refractivity contribution in [3.63, 3.8) is 0 Å². The van der Waals surface area contributed by atoms with Crippen molar-refractivity contribution in [2.75, 3.05) is 6.61 Å². The van der Waals surface area contributed by atoms with Crippen LogP contribution in [0, 0.1) is 5.92 Å². The number of unbranched alkanes of at least 4 members (excludes halogenated alkanes) is 5. The van der Waals surface area contributed by atoms with E-state index in [2.05, 4.69) is 30.7 Å². The predicted molar refractivity (Wildman–Crippen MR) is 151 cm³/mol. The molecule has 0 N–H and O–H groups in total. The lowest BCUT2D eigenvalue weighted by molar-refractivity contribution is -0.134. The molecule has 0 aliphatic rings. The third kappa shape index (κ3) is 9.99. The highest BCUT2D eigenvalue weighted by atomic mass is 16.5. The molecule has 2 aromatic carbocycles. The Labute approximate surface area is 222 Å². The van der Waals surface area contributed by atoms with Crippen molar-refractivity contribution in [1.82, 2.24) is 9.97 Å². The predicted octanol–water partition coefficient (Wildman–Crippen LogP) is 8.67. The summed E-state index contributed by atoms with van der Waals surface area (Å²) in [6.45, 7) is 7.44. The molecule has 0 bridgehead atoms. The van der Waals surface area contributed by atoms with Crippen LogP contribution in [0.3, 0.4) is 0 Å². The van der Waals surface area contributed by atoms with Gasteiger partial charge in [0.1, 0.15) is 11.5 Å². The van der Waals surface area contributed by atoms with E-state index in [1.807, 2.05) is 60.9 Å². The van der Waals surface area contributed by atoms with Gasteiger partial charge in [0.05, 0.1) is 6.61 Å². The molecular formula is C32H42N2O3. The fourth-order valence-electron chi connectivity index (χ4n) is 4.09. The number of hydrogen-bond donors (Lipinski definition) is 0. The molecule has 37 heavy (non-hydrogen) atoms. The van der Waals surface area contributed by atoms with Gasteiger partial charge in [0, 0.05) is 29.9 Å². The van der Waals surface area contributed by atoms with E-state index in [9.17, 15) is 4.79 Å². The van der Waals surface area contributed by atoms with E-state index in [0.29, 0.717) is 18.0 Å². The second-order valence-electron chi connectivity index (χ2n) is 9.84. The van der Waals surface area contributed by atoms with Crippen LogP contribution in [0.25, 0.3) is 22.5 Å². The minimum absolute atomic E-state index is 0.173. The number of ether oxygens (including phenoxy) is 2. The fourth-order valence-corrected chi connectivity index (χ4v) is 4.09. The molecule has 5 nitrogen and oxygen atoms in total. The monoisotopic (exact) mass is 502 g/mol. The Morgan fingerprint density at radius 2 is 1.41 bits per heavy atom. The van der Waals surface area contributed by atoms with E-state index in [-0.39, 0.29) is 5.97 Å². The molecule has 0 amide bonds. The van der Waals surface area contributed by atoms with Crippen LogP contribution in [0.15, 0.2) is 60.9 Å². The van der Waals surface area contributed by atoms with Gasteiger partial charge in [-0.2, -0.15) is 0 Å². The molecule has 0 spiro atoms. The van der Waals surface area contributed by atoms with Crippen LogP contribution in [-0.2, 0) is 4.79 Å². The first-order valence-electron chi connectivity index (χ1n) is 14.0. The normalized spacial score (nSPS) is 11.8. The Bertz CT molecular complexity index is 1050. The van der Waals surface area contributed by atoms with Gasteiger partial charge in [0.2, 0.25) is 0 Å². The number of nitrogens with zero attached hydrogens (tertiary/aromatic N) is 2. The summed E-state index contributed by atoms with van der Waals surface area (Å²) in [4.78, 5) is 21.2. The zero-order chi connectivity index (χ0) is 26.3. The molecule has 1 atom stereocenters. The summed E-state index contributed by atoms with van der Waals surface area (Å²) in [5.74, 6) is 2.66. The zero-order valence-electron chi connectivity index (χ0n) is 22.7. The van der Waals surface area contributed by atoms with Crippen LogP contribution in [0.5, 0.6) is 11.5 Å². The fraction of sp³-hybridized carbons (Fsp3) is 0.469. The summed E-state index contributed by atoms with van der Waals surface area (Å²) in [6, 6.07) is 15.4. The van der Waals surface area contributed by atoms with E-state index >= 15 is 0 Å². The second kappa shape index (κ2) is 15.8. The van der Waals surface area contributed by atoms with Gasteiger partial charge < -0.3 is 9.47 Å². The van der Waals surface area contributed by atoms with Gasteiger partial charge in [-0.3, -0.25) is 4.79 Å². The molecule has 1 heterocycles. The Hall–Kier alpha value is -3.21. The molecule has 0 fully saturated rings. The number of carbonyl (C=O) groups is 1. The largest absolute Gasteiger partial charge is 0.494 e. The van der Waals surface area contributed by atoms with Crippen LogP contribution >= 0.6 is 0 Å². The highest BCUT2D eigenvalue weighted by molar-refractivity contribution is 5.73. The summed E-state index contributed by atoms with van der Waals surface area (Å²) < 4.78 is 11.3. The van der Waals surface area contributed by atoms with Crippen LogP contribution in [-0.4, -0.2) is 22.5 Å². The van der Waals surface area contributed by atoms with Crippen LogP contribution < -0.4 is 9.47 Å². The molecule has 1 unspecified atom stereocenters. The number of hydrogen-bond acceptors (Lipinski definition) is 5. The first-order chi connectivity index (χ1) is 18.1. The van der Waals surface area contributed by atoms with Gasteiger partial charge in [-0.25, -0.2) is 9.97 Å². The Balaban J connectivity index is 1.46. The lowest BCUT2D eigenvalue weighted by atomic mass is 10.0. The third-order valence-electron chi connectivity index (χ3n) is 6.73. The topological polar surface area (TPSA) is 61.3 Å². The first kappa shape index (κ1) is 28.4. The maximum Gasteiger partial charge on any atom is 0.311 e. The molecule has 3 rings (SSSR count). The number of carbonyl (C=O) groups excluding carboxylic acids is 1. The molecule has 3 aromatic rings. The van der Waals surface area contributed by atoms with Crippen molar-refractivity contribution < 1.29 is 14.3 Å². The summed E-state index contributed by atoms with van der Waals surface area (Å²) in [5, 5.41) is 0. The SMILES string of the molecule is CCCCCCCOc1ccc(-c2ncc(-c3ccc(OC(=O)CCCCC(C)CC)cc3)cn2)cc1. The van der Waals surface area contributed by atoms with Crippen LogP contribution in [0.2, 0.25) is 0 Å². The molecule has 5 heteroatoms. The van der Waals surface area contributed by atoms with Gasteiger partial charge in [-0.05, 0) is 60.7 Å². The molecule has 198 valence electrons. The summed E-state index contributed by atoms with van der Waals surface area (Å²) in [7, 11) is 0. The van der Waals surface area contributed by atoms with Crippen molar-refractivity contribution >= 4 is 5.97 Å². The summed E-state index contributed by atoms with van der Waals surface area (Å²) in [5.41, 5.74) is 2.84. The van der Waals surface area contributed by atoms with Gasteiger partial charge in [-0.1, -0.05) is 77.8 Å². The number of benzene rings is 2. The number of esters is 1. The van der Waals surface area contributed by atoms with E-state index in [1.54, 1.807) is 0 Å². The standard InChI is InChI=1S/C32H42N2O3/c1-4-6-7-8-11-22-36-29-18-16-27(17-19-29)32-33-23-28(24-34-32)26-14-20-30(21-15-26)37-31(35)13-10-9-12-25(3)5-2/h14-21,23-25H,4-13,22H2,1-3H3.